The van der Waals surface area contributed by atoms with E-state index in [0.717, 1.165) is 12.8 Å². The van der Waals surface area contributed by atoms with E-state index in [1.54, 1.807) is 0 Å². The molecule has 2 N–H and O–H groups in total. The van der Waals surface area contributed by atoms with E-state index >= 15 is 0 Å². The highest BCUT2D eigenvalue weighted by molar-refractivity contribution is 5.22. The van der Waals surface area contributed by atoms with E-state index in [2.05, 4.69) is 17.4 Å². The Hall–Kier alpha value is -1.00. The van der Waals surface area contributed by atoms with Crippen LogP contribution in [0.2, 0.25) is 0 Å². The molecule has 2 rings (SSSR count). The molecule has 0 heterocycles. The van der Waals surface area contributed by atoms with Crippen LogP contribution in [0.4, 0.5) is 8.78 Å². The molecule has 1 aliphatic rings. The minimum absolute atomic E-state index is 0.151. The Morgan fingerprint density at radius 1 is 1.24 bits per heavy atom. The Labute approximate surface area is 99.7 Å². The van der Waals surface area contributed by atoms with E-state index in [-0.39, 0.29) is 6.04 Å². The monoisotopic (exact) mass is 241 g/mol. The van der Waals surface area contributed by atoms with Crippen LogP contribution >= 0.6 is 0 Å². The number of halogens is 2. The molecule has 1 aromatic rings. The van der Waals surface area contributed by atoms with Gasteiger partial charge in [0.25, 0.3) is 5.92 Å². The molecular weight excluding hydrogens is 224 g/mol. The van der Waals surface area contributed by atoms with Gasteiger partial charge in [0.2, 0.25) is 0 Å². The molecule has 94 valence electrons. The first-order chi connectivity index (χ1) is 8.11. The molecule has 0 spiro atoms. The fourth-order valence-corrected chi connectivity index (χ4v) is 2.13. The van der Waals surface area contributed by atoms with Gasteiger partial charge in [0, 0.05) is 6.04 Å². The van der Waals surface area contributed by atoms with Crippen molar-refractivity contribution in [1.29, 1.82) is 0 Å². The summed E-state index contributed by atoms with van der Waals surface area (Å²) in [5.74, 6) is -2.52. The van der Waals surface area contributed by atoms with Crippen molar-refractivity contribution in [2.24, 2.45) is 0 Å². The number of aliphatic hydroxyl groups excluding tert-OH is 1. The first-order valence-corrected chi connectivity index (χ1v) is 5.88. The molecule has 0 saturated heterocycles. The Kier molecular flexibility index (Phi) is 3.74. The molecule has 1 fully saturated rings. The van der Waals surface area contributed by atoms with E-state index in [4.69, 9.17) is 5.11 Å². The third kappa shape index (κ3) is 3.23. The van der Waals surface area contributed by atoms with Crippen LogP contribution in [0.5, 0.6) is 0 Å². The highest BCUT2D eigenvalue weighted by Gasteiger charge is 2.34. The SMILES string of the molecule is OCC(F)(F)CNC1CC(c2ccccc2)C1. The predicted molar refractivity (Wildman–Crippen MR) is 62.2 cm³/mol. The third-order valence-electron chi connectivity index (χ3n) is 3.29. The fourth-order valence-electron chi connectivity index (χ4n) is 2.13. The number of hydrogen-bond donors (Lipinski definition) is 2. The second-order valence-electron chi connectivity index (χ2n) is 4.67. The zero-order chi connectivity index (χ0) is 12.3. The summed E-state index contributed by atoms with van der Waals surface area (Å²) in [7, 11) is 0. The number of rotatable bonds is 5. The van der Waals surface area contributed by atoms with Gasteiger partial charge in [0.05, 0.1) is 6.54 Å². The van der Waals surface area contributed by atoms with Gasteiger partial charge in [-0.1, -0.05) is 30.3 Å². The topological polar surface area (TPSA) is 32.3 Å². The van der Waals surface area contributed by atoms with Gasteiger partial charge in [-0.15, -0.1) is 0 Å². The molecule has 0 aliphatic heterocycles. The van der Waals surface area contributed by atoms with Crippen molar-refractivity contribution in [3.8, 4) is 0 Å². The van der Waals surface area contributed by atoms with Gasteiger partial charge in [-0.3, -0.25) is 0 Å². The van der Waals surface area contributed by atoms with Crippen LogP contribution in [0.3, 0.4) is 0 Å². The first kappa shape index (κ1) is 12.5. The summed E-state index contributed by atoms with van der Waals surface area (Å²) >= 11 is 0. The van der Waals surface area contributed by atoms with Gasteiger partial charge in [0.15, 0.2) is 0 Å². The summed E-state index contributed by atoms with van der Waals surface area (Å²) < 4.78 is 25.6. The largest absolute Gasteiger partial charge is 0.390 e. The molecule has 1 aromatic carbocycles. The molecule has 0 unspecified atom stereocenters. The van der Waals surface area contributed by atoms with Crippen molar-refractivity contribution in [3.63, 3.8) is 0 Å². The van der Waals surface area contributed by atoms with Crippen LogP contribution in [-0.2, 0) is 0 Å². The first-order valence-electron chi connectivity index (χ1n) is 5.88. The van der Waals surface area contributed by atoms with Gasteiger partial charge in [-0.25, -0.2) is 8.78 Å². The molecule has 0 bridgehead atoms. The second kappa shape index (κ2) is 5.10. The summed E-state index contributed by atoms with van der Waals surface area (Å²) in [6.45, 7) is -1.52. The number of aliphatic hydroxyl groups is 1. The van der Waals surface area contributed by atoms with Crippen molar-refractivity contribution in [2.75, 3.05) is 13.2 Å². The molecular formula is C13H17F2NO. The van der Waals surface area contributed by atoms with Crippen molar-refractivity contribution < 1.29 is 13.9 Å². The van der Waals surface area contributed by atoms with Gasteiger partial charge in [-0.2, -0.15) is 0 Å². The minimum Gasteiger partial charge on any atom is -0.390 e. The Morgan fingerprint density at radius 3 is 2.47 bits per heavy atom. The molecule has 17 heavy (non-hydrogen) atoms. The maximum absolute atomic E-state index is 12.8. The lowest BCUT2D eigenvalue weighted by atomic mass is 9.76. The molecule has 4 heteroatoms. The van der Waals surface area contributed by atoms with Crippen molar-refractivity contribution >= 4 is 0 Å². The van der Waals surface area contributed by atoms with Crippen LogP contribution in [0.15, 0.2) is 30.3 Å². The van der Waals surface area contributed by atoms with Gasteiger partial charge in [0.1, 0.15) is 6.61 Å². The Bertz CT molecular complexity index is 350. The van der Waals surface area contributed by atoms with Crippen molar-refractivity contribution in [1.82, 2.24) is 5.32 Å². The predicted octanol–water partition coefficient (Wildman–Crippen LogP) is 2.15. The van der Waals surface area contributed by atoms with E-state index in [1.165, 1.54) is 5.56 Å². The van der Waals surface area contributed by atoms with Gasteiger partial charge in [-0.05, 0) is 24.3 Å². The summed E-state index contributed by atoms with van der Waals surface area (Å²) in [5.41, 5.74) is 1.28. The lowest BCUT2D eigenvalue weighted by Crippen LogP contribution is -2.46. The maximum atomic E-state index is 12.8. The number of hydrogen-bond acceptors (Lipinski definition) is 2. The molecule has 0 aromatic heterocycles. The summed E-state index contributed by atoms with van der Waals surface area (Å²) in [5, 5.41) is 11.2. The second-order valence-corrected chi connectivity index (χ2v) is 4.67. The molecule has 1 saturated carbocycles. The van der Waals surface area contributed by atoms with Crippen LogP contribution in [0.1, 0.15) is 24.3 Å². The number of benzene rings is 1. The zero-order valence-electron chi connectivity index (χ0n) is 9.57. The zero-order valence-corrected chi connectivity index (χ0v) is 9.57. The van der Waals surface area contributed by atoms with E-state index in [1.807, 2.05) is 18.2 Å². The molecule has 1 aliphatic carbocycles. The summed E-state index contributed by atoms with van der Waals surface area (Å²) in [6, 6.07) is 10.3. The van der Waals surface area contributed by atoms with Crippen LogP contribution in [0.25, 0.3) is 0 Å². The van der Waals surface area contributed by atoms with Crippen LogP contribution in [0, 0.1) is 0 Å². The average molecular weight is 241 g/mol. The standard InChI is InChI=1S/C13H17F2NO/c14-13(15,9-17)8-16-12-6-11(7-12)10-4-2-1-3-5-10/h1-5,11-12,16-17H,6-9H2. The smallest absolute Gasteiger partial charge is 0.282 e. The summed E-state index contributed by atoms with van der Waals surface area (Å²) in [4.78, 5) is 0. The van der Waals surface area contributed by atoms with Gasteiger partial charge < -0.3 is 10.4 Å². The lowest BCUT2D eigenvalue weighted by molar-refractivity contribution is -0.0512. The maximum Gasteiger partial charge on any atom is 0.282 e. The third-order valence-corrected chi connectivity index (χ3v) is 3.29. The molecule has 0 radical (unpaired) electrons. The van der Waals surface area contributed by atoms with E-state index in [0.29, 0.717) is 5.92 Å². The highest BCUT2D eigenvalue weighted by atomic mass is 19.3. The van der Waals surface area contributed by atoms with Crippen molar-refractivity contribution in [3.05, 3.63) is 35.9 Å². The molecule has 0 amide bonds. The van der Waals surface area contributed by atoms with Gasteiger partial charge >= 0.3 is 0 Å². The van der Waals surface area contributed by atoms with E-state index < -0.39 is 19.1 Å². The molecule has 2 nitrogen and oxygen atoms in total. The summed E-state index contributed by atoms with van der Waals surface area (Å²) in [6.07, 6.45) is 1.79. The lowest BCUT2D eigenvalue weighted by Gasteiger charge is -2.37. The quantitative estimate of drug-likeness (QED) is 0.828. The molecule has 0 atom stereocenters. The van der Waals surface area contributed by atoms with Crippen molar-refractivity contribution in [2.45, 2.75) is 30.7 Å². The van der Waals surface area contributed by atoms with Crippen LogP contribution < -0.4 is 5.32 Å². The number of nitrogens with one attached hydrogen (secondary N) is 1. The average Bonchev–Trinajstić information content (AvgIpc) is 2.28. The minimum atomic E-state index is -3.00. The fraction of sp³-hybridized carbons (Fsp3) is 0.538. The van der Waals surface area contributed by atoms with Crippen LogP contribution in [-0.4, -0.2) is 30.2 Å². The van der Waals surface area contributed by atoms with E-state index in [9.17, 15) is 8.78 Å². The Morgan fingerprint density at radius 2 is 1.88 bits per heavy atom. The highest BCUT2D eigenvalue weighted by Crippen LogP contribution is 2.36. The normalized spacial score (nSPS) is 24.4. The Balaban J connectivity index is 1.73. The number of alkyl halides is 2.